The van der Waals surface area contributed by atoms with Gasteiger partial charge in [0, 0.05) is 17.3 Å². The lowest BCUT2D eigenvalue weighted by molar-refractivity contribution is -0.907. The van der Waals surface area contributed by atoms with Gasteiger partial charge in [0.1, 0.15) is 6.54 Å². The highest BCUT2D eigenvalue weighted by Gasteiger charge is 2.24. The molecule has 0 aromatic heterocycles. The number of aryl methyl sites for hydroxylation is 1. The van der Waals surface area contributed by atoms with E-state index >= 15 is 0 Å². The van der Waals surface area contributed by atoms with E-state index in [-0.39, 0.29) is 18.7 Å². The van der Waals surface area contributed by atoms with Crippen LogP contribution >= 0.6 is 0 Å². The van der Waals surface area contributed by atoms with Crippen LogP contribution in [0.4, 0.5) is 5.69 Å². The highest BCUT2D eigenvalue weighted by Crippen LogP contribution is 2.34. The monoisotopic (exact) mass is 387 g/mol. The number of carbonyl (C=O) groups excluding carboxylic acids is 1. The van der Waals surface area contributed by atoms with E-state index in [1.807, 2.05) is 39.1 Å². The van der Waals surface area contributed by atoms with E-state index in [2.05, 4.69) is 5.32 Å². The summed E-state index contributed by atoms with van der Waals surface area (Å²) in [5.74, 6) is 2.67. The fourth-order valence-corrected chi connectivity index (χ4v) is 3.12. The third kappa shape index (κ3) is 4.14. The van der Waals surface area contributed by atoms with Crippen LogP contribution in [0.3, 0.4) is 0 Å². The molecule has 2 atom stereocenters. The highest BCUT2D eigenvalue weighted by atomic mass is 16.7. The Morgan fingerprint density at radius 2 is 1.82 bits per heavy atom. The first-order valence-electron chi connectivity index (χ1n) is 9.17. The lowest BCUT2D eigenvalue weighted by atomic mass is 10.1. The molecule has 0 saturated heterocycles. The maximum absolute atomic E-state index is 12.7. The van der Waals surface area contributed by atoms with Crippen LogP contribution in [0.5, 0.6) is 23.0 Å². The second kappa shape index (κ2) is 8.39. The maximum Gasteiger partial charge on any atom is 0.282 e. The Balaban J connectivity index is 1.67. The summed E-state index contributed by atoms with van der Waals surface area (Å²) in [5, 5.41) is 2.95. The summed E-state index contributed by atoms with van der Waals surface area (Å²) < 4.78 is 21.4. The molecular weight excluding hydrogens is 360 g/mol. The number of quaternary nitrogens is 1. The summed E-state index contributed by atoms with van der Waals surface area (Å²) in [6.07, 6.45) is 0. The molecular formula is C21H27N2O5+. The standard InChI is InChI=1S/C21H26N2O5/c1-13-8-18(25-4)19(26-5)9-15(13)11-23(3)14(2)21(24)22-16-6-7-17-20(10-16)28-12-27-17/h6-10,14H,11-12H2,1-5H3,(H,22,24)/p+1/t14-/m0/s1. The van der Waals surface area contributed by atoms with Crippen molar-refractivity contribution in [2.24, 2.45) is 0 Å². The number of amides is 1. The molecule has 0 radical (unpaired) electrons. The van der Waals surface area contributed by atoms with Crippen molar-refractivity contribution in [3.63, 3.8) is 0 Å². The molecule has 2 N–H and O–H groups in total. The zero-order valence-electron chi connectivity index (χ0n) is 16.9. The number of hydrogen-bond acceptors (Lipinski definition) is 5. The van der Waals surface area contributed by atoms with Gasteiger partial charge < -0.3 is 29.2 Å². The number of anilines is 1. The fraction of sp³-hybridized carbons (Fsp3) is 0.381. The molecule has 7 heteroatoms. The van der Waals surface area contributed by atoms with Crippen molar-refractivity contribution in [1.29, 1.82) is 0 Å². The van der Waals surface area contributed by atoms with Gasteiger partial charge in [0.15, 0.2) is 29.0 Å². The molecule has 0 spiro atoms. The number of methoxy groups -OCH3 is 2. The number of nitrogens with one attached hydrogen (secondary N) is 2. The number of rotatable bonds is 7. The molecule has 1 amide bonds. The number of hydrogen-bond donors (Lipinski definition) is 2. The molecule has 1 aliphatic rings. The van der Waals surface area contributed by atoms with Crippen LogP contribution in [0.25, 0.3) is 0 Å². The molecule has 0 saturated carbocycles. The van der Waals surface area contributed by atoms with E-state index in [1.54, 1.807) is 26.4 Å². The average molecular weight is 387 g/mol. The number of fused-ring (bicyclic) bond motifs is 1. The Morgan fingerprint density at radius 1 is 1.14 bits per heavy atom. The smallest absolute Gasteiger partial charge is 0.282 e. The summed E-state index contributed by atoms with van der Waals surface area (Å²) >= 11 is 0. The summed E-state index contributed by atoms with van der Waals surface area (Å²) in [6, 6.07) is 9.07. The predicted octanol–water partition coefficient (Wildman–Crippen LogP) is 1.78. The van der Waals surface area contributed by atoms with Gasteiger partial charge >= 0.3 is 0 Å². The van der Waals surface area contributed by atoms with E-state index in [0.29, 0.717) is 35.2 Å². The Morgan fingerprint density at radius 3 is 2.54 bits per heavy atom. The van der Waals surface area contributed by atoms with Gasteiger partial charge in [-0.05, 0) is 43.7 Å². The van der Waals surface area contributed by atoms with Crippen molar-refractivity contribution in [2.75, 3.05) is 33.4 Å². The molecule has 0 aliphatic carbocycles. The van der Waals surface area contributed by atoms with Gasteiger partial charge in [0.05, 0.1) is 21.3 Å². The minimum Gasteiger partial charge on any atom is -0.493 e. The topological polar surface area (TPSA) is 70.5 Å². The van der Waals surface area contributed by atoms with Crippen LogP contribution in [0.2, 0.25) is 0 Å². The van der Waals surface area contributed by atoms with Crippen LogP contribution in [0.15, 0.2) is 30.3 Å². The van der Waals surface area contributed by atoms with Crippen LogP contribution < -0.4 is 29.2 Å². The summed E-state index contributed by atoms with van der Waals surface area (Å²) in [6.45, 7) is 4.83. The molecule has 150 valence electrons. The van der Waals surface area contributed by atoms with E-state index in [9.17, 15) is 4.79 Å². The van der Waals surface area contributed by atoms with E-state index in [1.165, 1.54) is 0 Å². The number of carbonyl (C=O) groups is 1. The van der Waals surface area contributed by atoms with Crippen LogP contribution in [0, 0.1) is 6.92 Å². The van der Waals surface area contributed by atoms with E-state index in [4.69, 9.17) is 18.9 Å². The minimum absolute atomic E-state index is 0.0607. The first kappa shape index (κ1) is 19.8. The SMILES string of the molecule is COc1cc(C)c(C[NH+](C)[C@@H](C)C(=O)Nc2ccc3c(c2)OCO3)cc1OC. The van der Waals surface area contributed by atoms with Gasteiger partial charge in [0.25, 0.3) is 5.91 Å². The van der Waals surface area contributed by atoms with Crippen molar-refractivity contribution in [3.8, 4) is 23.0 Å². The van der Waals surface area contributed by atoms with Crippen molar-refractivity contribution >= 4 is 11.6 Å². The Hall–Kier alpha value is -2.93. The molecule has 7 nitrogen and oxygen atoms in total. The summed E-state index contributed by atoms with van der Waals surface area (Å²) in [4.78, 5) is 13.8. The summed E-state index contributed by atoms with van der Waals surface area (Å²) in [5.41, 5.74) is 2.90. The van der Waals surface area contributed by atoms with Gasteiger partial charge in [0.2, 0.25) is 6.79 Å². The number of ether oxygens (including phenoxy) is 4. The second-order valence-electron chi connectivity index (χ2n) is 6.94. The second-order valence-corrected chi connectivity index (χ2v) is 6.94. The van der Waals surface area contributed by atoms with Gasteiger partial charge in [-0.3, -0.25) is 4.79 Å². The fourth-order valence-electron chi connectivity index (χ4n) is 3.12. The van der Waals surface area contributed by atoms with Gasteiger partial charge in [-0.15, -0.1) is 0 Å². The predicted molar refractivity (Wildman–Crippen MR) is 106 cm³/mol. The molecule has 2 aromatic carbocycles. The first-order chi connectivity index (χ1) is 13.4. The molecule has 3 rings (SSSR count). The van der Waals surface area contributed by atoms with E-state index in [0.717, 1.165) is 16.0 Å². The molecule has 2 aromatic rings. The zero-order chi connectivity index (χ0) is 20.3. The maximum atomic E-state index is 12.7. The largest absolute Gasteiger partial charge is 0.493 e. The molecule has 0 fully saturated rings. The molecule has 0 bridgehead atoms. The first-order valence-corrected chi connectivity index (χ1v) is 9.17. The van der Waals surface area contributed by atoms with Crippen molar-refractivity contribution in [2.45, 2.75) is 26.4 Å². The molecule has 28 heavy (non-hydrogen) atoms. The van der Waals surface area contributed by atoms with Crippen molar-refractivity contribution in [3.05, 3.63) is 41.5 Å². The van der Waals surface area contributed by atoms with Crippen LogP contribution in [0.1, 0.15) is 18.1 Å². The van der Waals surface area contributed by atoms with Gasteiger partial charge in [-0.25, -0.2) is 0 Å². The number of likely N-dealkylation sites (N-methyl/N-ethyl adjacent to an activating group) is 1. The normalized spacial score (nSPS) is 14.3. The average Bonchev–Trinajstić information content (AvgIpc) is 3.16. The molecule has 1 aliphatic heterocycles. The van der Waals surface area contributed by atoms with Crippen LogP contribution in [-0.2, 0) is 11.3 Å². The molecule has 1 heterocycles. The highest BCUT2D eigenvalue weighted by molar-refractivity contribution is 5.93. The van der Waals surface area contributed by atoms with Gasteiger partial charge in [-0.1, -0.05) is 0 Å². The third-order valence-electron chi connectivity index (χ3n) is 5.08. The molecule has 1 unspecified atom stereocenters. The van der Waals surface area contributed by atoms with Gasteiger partial charge in [-0.2, -0.15) is 0 Å². The number of benzene rings is 2. The lowest BCUT2D eigenvalue weighted by Gasteiger charge is -2.22. The summed E-state index contributed by atoms with van der Waals surface area (Å²) in [7, 11) is 5.24. The minimum atomic E-state index is -0.252. The Labute approximate surface area is 165 Å². The zero-order valence-corrected chi connectivity index (χ0v) is 16.9. The lowest BCUT2D eigenvalue weighted by Crippen LogP contribution is -3.12. The quantitative estimate of drug-likeness (QED) is 0.758. The third-order valence-corrected chi connectivity index (χ3v) is 5.08. The van der Waals surface area contributed by atoms with Crippen LogP contribution in [-0.4, -0.2) is 40.0 Å². The van der Waals surface area contributed by atoms with Crippen molar-refractivity contribution < 1.29 is 28.6 Å². The van der Waals surface area contributed by atoms with E-state index < -0.39 is 0 Å². The Kier molecular flexibility index (Phi) is 5.94. The van der Waals surface area contributed by atoms with Crippen molar-refractivity contribution in [1.82, 2.24) is 0 Å². The Bertz CT molecular complexity index is 868.